The Balaban J connectivity index is 1.86. The molecule has 4 atom stereocenters. The number of hydrogen-bond donors (Lipinski definition) is 1. The third-order valence-corrected chi connectivity index (χ3v) is 11.2. The zero-order chi connectivity index (χ0) is 19.8. The summed E-state index contributed by atoms with van der Waals surface area (Å²) in [6.07, 6.45) is 0. The maximum atomic E-state index is 13.5. The van der Waals surface area contributed by atoms with Crippen molar-refractivity contribution in [2.24, 2.45) is 0 Å². The molecule has 11 heteroatoms. The molecule has 4 rings (SSSR count). The molecule has 3 fully saturated rings. The van der Waals surface area contributed by atoms with Gasteiger partial charge in [-0.15, -0.1) is 0 Å². The summed E-state index contributed by atoms with van der Waals surface area (Å²) in [6, 6.07) is 2.17. The fourth-order valence-electron chi connectivity index (χ4n) is 4.56. The van der Waals surface area contributed by atoms with E-state index in [2.05, 4.69) is 5.32 Å². The minimum absolute atomic E-state index is 0.0982. The second-order valence-electron chi connectivity index (χ2n) is 7.77. The quantitative estimate of drug-likeness (QED) is 0.649. The predicted molar refractivity (Wildman–Crippen MR) is 101 cm³/mol. The van der Waals surface area contributed by atoms with Crippen LogP contribution < -0.4 is 5.32 Å². The molecule has 3 heterocycles. The number of benzene rings is 1. The van der Waals surface area contributed by atoms with Crippen LogP contribution in [-0.4, -0.2) is 76.7 Å². The van der Waals surface area contributed by atoms with Gasteiger partial charge in [-0.05, 0) is 25.5 Å². The summed E-state index contributed by atoms with van der Waals surface area (Å²) >= 11 is 0. The van der Waals surface area contributed by atoms with E-state index in [4.69, 9.17) is 0 Å². The monoisotopic (exact) mass is 434 g/mol. The number of sulfone groups is 2. The summed E-state index contributed by atoms with van der Waals surface area (Å²) < 4.78 is 77.0. The van der Waals surface area contributed by atoms with Crippen molar-refractivity contribution >= 4 is 29.7 Å². The van der Waals surface area contributed by atoms with Crippen molar-refractivity contribution in [3.63, 3.8) is 0 Å². The molecule has 0 aliphatic carbocycles. The lowest BCUT2D eigenvalue weighted by molar-refractivity contribution is 0.160. The van der Waals surface area contributed by atoms with Crippen molar-refractivity contribution in [2.45, 2.75) is 42.9 Å². The second kappa shape index (κ2) is 5.99. The van der Waals surface area contributed by atoms with Crippen molar-refractivity contribution < 1.29 is 25.3 Å². The highest BCUT2D eigenvalue weighted by Crippen LogP contribution is 2.36. The minimum atomic E-state index is -4.05. The van der Waals surface area contributed by atoms with Gasteiger partial charge in [-0.1, -0.05) is 17.7 Å². The molecular weight excluding hydrogens is 412 g/mol. The molecule has 0 amide bonds. The van der Waals surface area contributed by atoms with Crippen molar-refractivity contribution in [3.8, 4) is 0 Å². The lowest BCUT2D eigenvalue weighted by Gasteiger charge is -2.44. The molecule has 3 aliphatic heterocycles. The molecule has 150 valence electrons. The van der Waals surface area contributed by atoms with Gasteiger partial charge in [0.25, 0.3) is 0 Å². The van der Waals surface area contributed by atoms with Crippen molar-refractivity contribution in [1.82, 2.24) is 9.62 Å². The van der Waals surface area contributed by atoms with Crippen molar-refractivity contribution in [2.75, 3.05) is 23.0 Å². The predicted octanol–water partition coefficient (Wildman–Crippen LogP) is -0.771. The Bertz CT molecular complexity index is 1060. The van der Waals surface area contributed by atoms with Gasteiger partial charge >= 0.3 is 0 Å². The van der Waals surface area contributed by atoms with Crippen LogP contribution in [-0.2, 0) is 29.7 Å². The molecule has 0 radical (unpaired) electrons. The van der Waals surface area contributed by atoms with Gasteiger partial charge < -0.3 is 5.32 Å². The van der Waals surface area contributed by atoms with Crippen LogP contribution in [0.3, 0.4) is 0 Å². The van der Waals surface area contributed by atoms with E-state index in [-0.39, 0.29) is 27.9 Å². The summed E-state index contributed by atoms with van der Waals surface area (Å²) in [5, 5.41) is 3.10. The first kappa shape index (κ1) is 19.3. The highest BCUT2D eigenvalue weighted by atomic mass is 32.2. The summed E-state index contributed by atoms with van der Waals surface area (Å²) in [5.41, 5.74) is 1.47. The Morgan fingerprint density at radius 1 is 0.926 bits per heavy atom. The summed E-state index contributed by atoms with van der Waals surface area (Å²) in [4.78, 5) is 0.0982. The van der Waals surface area contributed by atoms with Crippen LogP contribution in [0.5, 0.6) is 0 Å². The standard InChI is InChI=1S/C16H22N2O6S3/c1-10-3-4-16(11(2)5-10)27(23,24)18-14-8-25(19,20)6-12(14)17-13-7-26(21,22)9-15(13)18/h3-5,12-15,17H,6-9H2,1-2H3/t12-,13+,14+,15-. The molecule has 0 saturated carbocycles. The lowest BCUT2D eigenvalue weighted by Crippen LogP contribution is -2.67. The van der Waals surface area contributed by atoms with E-state index in [0.29, 0.717) is 5.56 Å². The van der Waals surface area contributed by atoms with E-state index in [0.717, 1.165) is 5.56 Å². The molecule has 27 heavy (non-hydrogen) atoms. The zero-order valence-corrected chi connectivity index (χ0v) is 17.4. The minimum Gasteiger partial charge on any atom is -0.306 e. The average Bonchev–Trinajstić information content (AvgIpc) is 2.95. The highest BCUT2D eigenvalue weighted by molar-refractivity contribution is 7.92. The van der Waals surface area contributed by atoms with Gasteiger partial charge in [0.15, 0.2) is 19.7 Å². The van der Waals surface area contributed by atoms with Crippen LogP contribution in [0.2, 0.25) is 0 Å². The van der Waals surface area contributed by atoms with Gasteiger partial charge in [-0.25, -0.2) is 25.3 Å². The molecular formula is C16H22N2O6S3. The third-order valence-electron chi connectivity index (χ3n) is 5.61. The first-order valence-corrected chi connectivity index (χ1v) is 13.8. The lowest BCUT2D eigenvalue weighted by atomic mass is 10.0. The van der Waals surface area contributed by atoms with Crippen LogP contribution in [0.25, 0.3) is 0 Å². The van der Waals surface area contributed by atoms with Gasteiger partial charge in [-0.3, -0.25) is 0 Å². The second-order valence-corrected chi connectivity index (χ2v) is 13.9. The van der Waals surface area contributed by atoms with E-state index in [9.17, 15) is 25.3 Å². The molecule has 1 aromatic rings. The molecule has 0 bridgehead atoms. The van der Waals surface area contributed by atoms with Crippen LogP contribution in [0, 0.1) is 13.8 Å². The topological polar surface area (TPSA) is 118 Å². The summed E-state index contributed by atoms with van der Waals surface area (Å²) in [7, 11) is -10.9. The highest BCUT2D eigenvalue weighted by Gasteiger charge is 2.57. The zero-order valence-electron chi connectivity index (χ0n) is 15.0. The Labute approximate surface area is 159 Å². The van der Waals surface area contributed by atoms with Gasteiger partial charge in [0.2, 0.25) is 10.0 Å². The van der Waals surface area contributed by atoms with Gasteiger partial charge in [0, 0.05) is 12.1 Å². The summed E-state index contributed by atoms with van der Waals surface area (Å²) in [5.74, 6) is -0.949. The van der Waals surface area contributed by atoms with Gasteiger partial charge in [0.1, 0.15) is 0 Å². The van der Waals surface area contributed by atoms with Crippen LogP contribution >= 0.6 is 0 Å². The van der Waals surface area contributed by atoms with Crippen LogP contribution in [0.15, 0.2) is 23.1 Å². The van der Waals surface area contributed by atoms with Gasteiger partial charge in [0.05, 0.1) is 40.0 Å². The smallest absolute Gasteiger partial charge is 0.244 e. The molecule has 0 spiro atoms. The van der Waals surface area contributed by atoms with E-state index in [1.54, 1.807) is 19.1 Å². The fourth-order valence-corrected chi connectivity index (χ4v) is 10.7. The van der Waals surface area contributed by atoms with Gasteiger partial charge in [-0.2, -0.15) is 4.31 Å². The first-order chi connectivity index (χ1) is 12.4. The molecule has 8 nitrogen and oxygen atoms in total. The molecule has 3 saturated heterocycles. The molecule has 0 unspecified atom stereocenters. The Kier molecular flexibility index (Phi) is 4.29. The number of nitrogens with one attached hydrogen (secondary N) is 1. The molecule has 3 aliphatic rings. The number of nitrogens with zero attached hydrogens (tertiary/aromatic N) is 1. The van der Waals surface area contributed by atoms with Crippen LogP contribution in [0.1, 0.15) is 11.1 Å². The maximum absolute atomic E-state index is 13.5. The first-order valence-electron chi connectivity index (χ1n) is 8.67. The van der Waals surface area contributed by atoms with E-state index < -0.39 is 53.9 Å². The number of rotatable bonds is 2. The van der Waals surface area contributed by atoms with E-state index in [1.807, 2.05) is 6.92 Å². The number of piperazine rings is 1. The van der Waals surface area contributed by atoms with E-state index in [1.165, 1.54) is 10.4 Å². The number of aryl methyl sites for hydroxylation is 2. The molecule has 1 aromatic carbocycles. The number of fused-ring (bicyclic) bond motifs is 2. The van der Waals surface area contributed by atoms with Crippen LogP contribution in [0.4, 0.5) is 0 Å². The normalized spacial score (nSPS) is 34.9. The summed E-state index contributed by atoms with van der Waals surface area (Å²) in [6.45, 7) is 3.54. The van der Waals surface area contributed by atoms with Crippen molar-refractivity contribution in [1.29, 1.82) is 0 Å². The molecule has 0 aromatic heterocycles. The largest absolute Gasteiger partial charge is 0.306 e. The molecule has 1 N–H and O–H groups in total. The Hall–Kier alpha value is -1.01. The van der Waals surface area contributed by atoms with E-state index >= 15 is 0 Å². The fraction of sp³-hybridized carbons (Fsp3) is 0.625. The number of hydrogen-bond acceptors (Lipinski definition) is 7. The average molecular weight is 435 g/mol. The maximum Gasteiger partial charge on any atom is 0.244 e. The Morgan fingerprint density at radius 2 is 1.44 bits per heavy atom. The van der Waals surface area contributed by atoms with Crippen molar-refractivity contribution in [3.05, 3.63) is 29.3 Å². The SMILES string of the molecule is Cc1ccc(S(=O)(=O)N2[C@@H]3CS(=O)(=O)C[C@@H]3N[C@@H]3CS(=O)(=O)C[C@@H]32)c(C)c1. The number of sulfonamides is 1. The Morgan fingerprint density at radius 3 is 1.93 bits per heavy atom. The third kappa shape index (κ3) is 3.23.